The van der Waals surface area contributed by atoms with Crippen LogP contribution in [0, 0.1) is 5.92 Å². The average Bonchev–Trinajstić information content (AvgIpc) is 3.84. The van der Waals surface area contributed by atoms with E-state index in [0.717, 1.165) is 44.1 Å². The Hall–Kier alpha value is -4.78. The largest absolute Gasteiger partial charge is 0.417 e. The molecule has 3 fully saturated rings. The molecule has 0 radical (unpaired) electrons. The average molecular weight is 716 g/mol. The smallest absolute Gasteiger partial charge is 0.341 e. The minimum Gasteiger partial charge on any atom is -0.341 e. The van der Waals surface area contributed by atoms with Crippen molar-refractivity contribution >= 4 is 34.5 Å². The molecule has 52 heavy (non-hydrogen) atoms. The molecule has 2 atom stereocenters. The molecule has 3 saturated heterocycles. The summed E-state index contributed by atoms with van der Waals surface area (Å²) < 4.78 is 45.4. The zero-order valence-electron chi connectivity index (χ0n) is 29.6. The molecule has 0 bridgehead atoms. The first-order chi connectivity index (χ1) is 24.9. The lowest BCUT2D eigenvalue weighted by molar-refractivity contribution is -0.137. The quantitative estimate of drug-likeness (QED) is 0.225. The Bertz CT molecular complexity index is 2020. The molecule has 2 aromatic carbocycles. The molecular weight excluding hydrogens is 671 g/mol. The molecule has 13 heteroatoms. The third kappa shape index (κ3) is 7.55. The second-order valence-corrected chi connectivity index (χ2v) is 14.5. The number of rotatable bonds is 8. The fourth-order valence-electron chi connectivity index (χ4n) is 8.12. The van der Waals surface area contributed by atoms with Gasteiger partial charge in [-0.05, 0) is 105 Å². The Kier molecular flexibility index (Phi) is 10.1. The Balaban J connectivity index is 1.24. The summed E-state index contributed by atoms with van der Waals surface area (Å²) in [6.45, 7) is 4.84. The van der Waals surface area contributed by atoms with Crippen LogP contribution in [0.25, 0.3) is 22.2 Å². The van der Waals surface area contributed by atoms with Gasteiger partial charge in [0, 0.05) is 55.9 Å². The van der Waals surface area contributed by atoms with Gasteiger partial charge in [-0.3, -0.25) is 19.0 Å². The van der Waals surface area contributed by atoms with Gasteiger partial charge in [-0.2, -0.15) is 18.2 Å². The first kappa shape index (κ1) is 35.6. The van der Waals surface area contributed by atoms with Gasteiger partial charge >= 0.3 is 6.18 Å². The molecule has 1 N–H and O–H groups in total. The van der Waals surface area contributed by atoms with Crippen LogP contribution in [0.3, 0.4) is 0 Å². The molecule has 2 unspecified atom stereocenters. The predicted octanol–water partition coefficient (Wildman–Crippen LogP) is 6.41. The Morgan fingerprint density at radius 1 is 0.923 bits per heavy atom. The fraction of sp³-hybridized carbons (Fsp3) is 0.462. The van der Waals surface area contributed by atoms with Crippen molar-refractivity contribution in [2.45, 2.75) is 70.6 Å². The van der Waals surface area contributed by atoms with Crippen molar-refractivity contribution < 1.29 is 22.8 Å². The zero-order chi connectivity index (χ0) is 36.6. The number of alkyl halides is 3. The van der Waals surface area contributed by atoms with E-state index in [1.54, 1.807) is 15.9 Å². The number of nitrogens with zero attached hydrogens (tertiary/aromatic N) is 6. The molecule has 3 aliphatic rings. The van der Waals surface area contributed by atoms with Gasteiger partial charge < -0.3 is 20.0 Å². The van der Waals surface area contributed by atoms with Crippen molar-refractivity contribution in [1.82, 2.24) is 29.2 Å². The SMILES string of the molecule is CC(=O)N1CCCC1c1ccc(-c2cc3cnc(Nc4ccc(CC5CCCN(C)C5)cc4)nc3n(CC(=O)N3CCCC3)c2=O)c(C(F)(F)F)c1. The van der Waals surface area contributed by atoms with E-state index in [2.05, 4.69) is 39.4 Å². The van der Waals surface area contributed by atoms with E-state index >= 15 is 0 Å². The number of hydrogen-bond acceptors (Lipinski definition) is 7. The summed E-state index contributed by atoms with van der Waals surface area (Å²) in [5, 5.41) is 3.51. The van der Waals surface area contributed by atoms with E-state index in [1.165, 1.54) is 48.2 Å². The normalized spacial score (nSPS) is 19.8. The molecule has 2 amide bonds. The topological polar surface area (TPSA) is 104 Å². The Morgan fingerprint density at radius 2 is 1.67 bits per heavy atom. The summed E-state index contributed by atoms with van der Waals surface area (Å²) in [6, 6.07) is 12.8. The summed E-state index contributed by atoms with van der Waals surface area (Å²) >= 11 is 0. The third-order valence-electron chi connectivity index (χ3n) is 10.7. The highest BCUT2D eigenvalue weighted by Crippen LogP contribution is 2.41. The number of likely N-dealkylation sites (tertiary alicyclic amines) is 3. The second-order valence-electron chi connectivity index (χ2n) is 14.5. The molecule has 0 spiro atoms. The molecule has 0 saturated carbocycles. The summed E-state index contributed by atoms with van der Waals surface area (Å²) in [5.41, 5.74) is 0.229. The molecular formula is C39H44F3N7O3. The highest BCUT2D eigenvalue weighted by molar-refractivity contribution is 5.85. The van der Waals surface area contributed by atoms with Crippen molar-refractivity contribution in [2.24, 2.45) is 5.92 Å². The first-order valence-electron chi connectivity index (χ1n) is 18.2. The van der Waals surface area contributed by atoms with Crippen LogP contribution in [-0.2, 0) is 28.7 Å². The lowest BCUT2D eigenvalue weighted by Gasteiger charge is -2.29. The van der Waals surface area contributed by atoms with E-state index in [4.69, 9.17) is 0 Å². The minimum absolute atomic E-state index is 0.144. The van der Waals surface area contributed by atoms with Crippen LogP contribution in [0.1, 0.15) is 68.2 Å². The van der Waals surface area contributed by atoms with Gasteiger partial charge in [0.15, 0.2) is 0 Å². The maximum Gasteiger partial charge on any atom is 0.417 e. The monoisotopic (exact) mass is 715 g/mol. The fourth-order valence-corrected chi connectivity index (χ4v) is 8.12. The second kappa shape index (κ2) is 14.7. The maximum absolute atomic E-state index is 14.8. The molecule has 7 rings (SSSR count). The molecule has 5 heterocycles. The van der Waals surface area contributed by atoms with Crippen molar-refractivity contribution in [3.8, 4) is 11.1 Å². The van der Waals surface area contributed by atoms with E-state index < -0.39 is 23.3 Å². The number of nitrogens with one attached hydrogen (secondary N) is 1. The highest BCUT2D eigenvalue weighted by atomic mass is 19.4. The number of aromatic nitrogens is 3. The summed E-state index contributed by atoms with van der Waals surface area (Å²) in [5.74, 6) is 0.299. The summed E-state index contributed by atoms with van der Waals surface area (Å²) in [7, 11) is 2.16. The van der Waals surface area contributed by atoms with Crippen LogP contribution in [0.15, 0.2) is 59.5 Å². The van der Waals surface area contributed by atoms with E-state index in [0.29, 0.717) is 49.3 Å². The number of carbonyl (C=O) groups is 2. The minimum atomic E-state index is -4.80. The number of piperidine rings is 1. The van der Waals surface area contributed by atoms with E-state index in [9.17, 15) is 27.6 Å². The van der Waals surface area contributed by atoms with E-state index in [1.807, 2.05) is 12.1 Å². The van der Waals surface area contributed by atoms with Crippen LogP contribution in [-0.4, -0.2) is 80.8 Å². The number of amides is 2. The van der Waals surface area contributed by atoms with Crippen LogP contribution in [0.2, 0.25) is 0 Å². The molecule has 4 aromatic rings. The Morgan fingerprint density at radius 3 is 2.38 bits per heavy atom. The number of anilines is 2. The van der Waals surface area contributed by atoms with Gasteiger partial charge in [-0.15, -0.1) is 0 Å². The van der Waals surface area contributed by atoms with Gasteiger partial charge in [0.05, 0.1) is 11.6 Å². The number of pyridine rings is 1. The van der Waals surface area contributed by atoms with Crippen LogP contribution < -0.4 is 10.9 Å². The number of hydrogen-bond donors (Lipinski definition) is 1. The van der Waals surface area contributed by atoms with Crippen molar-refractivity contribution in [3.63, 3.8) is 0 Å². The van der Waals surface area contributed by atoms with Gasteiger partial charge in [0.25, 0.3) is 5.56 Å². The zero-order valence-corrected chi connectivity index (χ0v) is 29.6. The lowest BCUT2D eigenvalue weighted by Crippen LogP contribution is -2.35. The Labute approximate surface area is 300 Å². The molecule has 2 aromatic heterocycles. The van der Waals surface area contributed by atoms with Crippen LogP contribution >= 0.6 is 0 Å². The number of halogens is 3. The summed E-state index contributed by atoms with van der Waals surface area (Å²) in [4.78, 5) is 54.6. The van der Waals surface area contributed by atoms with Crippen molar-refractivity contribution in [1.29, 1.82) is 0 Å². The van der Waals surface area contributed by atoms with Crippen LogP contribution in [0.4, 0.5) is 24.8 Å². The van der Waals surface area contributed by atoms with Gasteiger partial charge in [0.1, 0.15) is 12.2 Å². The number of fused-ring (bicyclic) bond motifs is 1. The lowest BCUT2D eigenvalue weighted by atomic mass is 9.91. The van der Waals surface area contributed by atoms with Crippen LogP contribution in [0.5, 0.6) is 0 Å². The van der Waals surface area contributed by atoms with Crippen molar-refractivity contribution in [3.05, 3.63) is 81.8 Å². The third-order valence-corrected chi connectivity index (χ3v) is 10.7. The van der Waals surface area contributed by atoms with Gasteiger partial charge in [0.2, 0.25) is 17.8 Å². The number of carbonyl (C=O) groups excluding carboxylic acids is 2. The molecule has 10 nitrogen and oxygen atoms in total. The van der Waals surface area contributed by atoms with Gasteiger partial charge in [-0.25, -0.2) is 4.98 Å². The standard InChI is InChI=1S/C39H44F3N7O3/c1-25(50)48-18-6-8-34(48)28-11-14-31(33(21-28)39(40,41)42)32-20-29-22-43-38(45-36(29)49(37(32)52)24-35(51)47-16-3-4-17-47)44-30-12-9-26(10-13-30)19-27-7-5-15-46(2)23-27/h9-14,20-22,27,34H,3-8,15-19,23-24H2,1-2H3,(H,43,44,45). The van der Waals surface area contributed by atoms with Gasteiger partial charge in [-0.1, -0.05) is 24.3 Å². The molecule has 0 aliphatic carbocycles. The predicted molar refractivity (Wildman–Crippen MR) is 193 cm³/mol. The highest BCUT2D eigenvalue weighted by Gasteiger charge is 2.37. The van der Waals surface area contributed by atoms with Crippen molar-refractivity contribution in [2.75, 3.05) is 45.1 Å². The molecule has 274 valence electrons. The number of benzene rings is 2. The van der Waals surface area contributed by atoms with E-state index in [-0.39, 0.29) is 41.1 Å². The molecule has 3 aliphatic heterocycles. The summed E-state index contributed by atoms with van der Waals surface area (Å²) in [6.07, 6.45) is 3.00. The maximum atomic E-state index is 14.8. The first-order valence-corrected chi connectivity index (χ1v) is 18.2.